The maximum Gasteiger partial charge on any atom is 1.00 e. The molecule has 4 N–H and O–H groups in total. The second-order valence-corrected chi connectivity index (χ2v) is 7.75. The molecule has 1 fully saturated rings. The SMILES string of the molecule is O=P([O-])(O)C(O)(CCN1CCC1)P(=O)(O)O.[Na+]. The van der Waals surface area contributed by atoms with Gasteiger partial charge in [0.2, 0.25) is 5.08 Å². The normalized spacial score (nSPS) is 24.1. The van der Waals surface area contributed by atoms with Crippen LogP contribution in [-0.4, -0.2) is 49.4 Å². The molecule has 8 nitrogen and oxygen atoms in total. The Balaban J connectivity index is 0.00000256. The van der Waals surface area contributed by atoms with E-state index < -0.39 is 26.7 Å². The maximum absolute atomic E-state index is 10.9. The zero-order valence-electron chi connectivity index (χ0n) is 9.39. The Kier molecular flexibility index (Phi) is 6.55. The number of nitrogens with zero attached hydrogens (tertiary/aromatic N) is 1. The second-order valence-electron chi connectivity index (χ2n) is 3.78. The summed E-state index contributed by atoms with van der Waals surface area (Å²) < 4.78 is 21.8. The summed E-state index contributed by atoms with van der Waals surface area (Å²) in [6.45, 7) is 1.38. The van der Waals surface area contributed by atoms with Crippen molar-refractivity contribution in [2.24, 2.45) is 0 Å². The first-order chi connectivity index (χ1) is 7.08. The summed E-state index contributed by atoms with van der Waals surface area (Å²) in [5.41, 5.74) is 0. The molecule has 0 aromatic rings. The molecule has 0 aromatic heterocycles. The molecule has 1 aliphatic heterocycles. The van der Waals surface area contributed by atoms with E-state index in [4.69, 9.17) is 14.7 Å². The zero-order valence-corrected chi connectivity index (χ0v) is 13.2. The molecule has 2 atom stereocenters. The van der Waals surface area contributed by atoms with Crippen molar-refractivity contribution >= 4 is 15.2 Å². The molecule has 2 unspecified atom stereocenters. The van der Waals surface area contributed by atoms with E-state index in [2.05, 4.69) is 0 Å². The van der Waals surface area contributed by atoms with Crippen molar-refractivity contribution in [1.29, 1.82) is 0 Å². The largest absolute Gasteiger partial charge is 1.00 e. The van der Waals surface area contributed by atoms with Gasteiger partial charge >= 0.3 is 37.2 Å². The summed E-state index contributed by atoms with van der Waals surface area (Å²) >= 11 is 0. The third-order valence-corrected chi connectivity index (χ3v) is 6.46. The maximum atomic E-state index is 10.9. The van der Waals surface area contributed by atoms with Crippen LogP contribution in [0.2, 0.25) is 0 Å². The fraction of sp³-hybridized carbons (Fsp3) is 1.00. The summed E-state index contributed by atoms with van der Waals surface area (Å²) in [5.74, 6) is 0. The standard InChI is InChI=1S/C6H15NO7P2.Na/c8-6(15(9,10)11,16(12,13)14)2-5-7-3-1-4-7;/h8H,1-5H2,(H2,9,10,11)(H2,12,13,14);/q;+1/p-1. The van der Waals surface area contributed by atoms with Crippen LogP contribution in [0.5, 0.6) is 0 Å². The van der Waals surface area contributed by atoms with Crippen molar-refractivity contribution in [2.45, 2.75) is 17.9 Å². The summed E-state index contributed by atoms with van der Waals surface area (Å²) in [7, 11) is -10.9. The van der Waals surface area contributed by atoms with Crippen molar-refractivity contribution in [2.75, 3.05) is 19.6 Å². The number of hydrogen-bond acceptors (Lipinski definition) is 5. The average molecular weight is 297 g/mol. The Morgan fingerprint density at radius 3 is 1.94 bits per heavy atom. The van der Waals surface area contributed by atoms with Gasteiger partial charge in [-0.25, -0.2) is 0 Å². The van der Waals surface area contributed by atoms with E-state index in [1.165, 1.54) is 0 Å². The van der Waals surface area contributed by atoms with E-state index in [1.807, 2.05) is 0 Å². The van der Waals surface area contributed by atoms with E-state index in [1.54, 1.807) is 4.90 Å². The first-order valence-corrected chi connectivity index (χ1v) is 7.81. The Bertz CT molecular complexity index is 326. The molecule has 1 rings (SSSR count). The van der Waals surface area contributed by atoms with Crippen molar-refractivity contribution in [3.05, 3.63) is 0 Å². The van der Waals surface area contributed by atoms with Gasteiger partial charge in [-0.05, 0) is 19.5 Å². The third-order valence-electron chi connectivity index (χ3n) is 2.63. The van der Waals surface area contributed by atoms with Crippen LogP contribution in [0.4, 0.5) is 0 Å². The van der Waals surface area contributed by atoms with E-state index in [0.717, 1.165) is 6.42 Å². The molecule has 0 aliphatic carbocycles. The minimum absolute atomic E-state index is 0. The van der Waals surface area contributed by atoms with Crippen LogP contribution in [0.15, 0.2) is 0 Å². The van der Waals surface area contributed by atoms with Crippen LogP contribution in [0.3, 0.4) is 0 Å². The molecule has 0 saturated carbocycles. The summed E-state index contributed by atoms with van der Waals surface area (Å²) in [5, 5.41) is 6.06. The van der Waals surface area contributed by atoms with Crippen molar-refractivity contribution in [3.8, 4) is 0 Å². The molecule has 17 heavy (non-hydrogen) atoms. The first kappa shape index (κ1) is 18.2. The van der Waals surface area contributed by atoms with Gasteiger partial charge < -0.3 is 34.1 Å². The van der Waals surface area contributed by atoms with Crippen LogP contribution in [-0.2, 0) is 9.13 Å². The minimum atomic E-state index is -5.54. The van der Waals surface area contributed by atoms with Gasteiger partial charge in [0.15, 0.2) is 7.60 Å². The fourth-order valence-corrected chi connectivity index (χ4v) is 3.46. The molecule has 1 aliphatic rings. The Hall–Kier alpha value is 1.22. The molecule has 0 bridgehead atoms. The van der Waals surface area contributed by atoms with Crippen molar-refractivity contribution in [1.82, 2.24) is 4.90 Å². The predicted octanol–water partition coefficient (Wildman–Crippen LogP) is -4.54. The second kappa shape index (κ2) is 6.11. The number of hydrogen-bond donors (Lipinski definition) is 4. The third kappa shape index (κ3) is 4.09. The predicted molar refractivity (Wildman–Crippen MR) is 52.5 cm³/mol. The van der Waals surface area contributed by atoms with E-state index in [-0.39, 0.29) is 36.1 Å². The number of aliphatic hydroxyl groups is 1. The monoisotopic (exact) mass is 297 g/mol. The Labute approximate surface area is 121 Å². The summed E-state index contributed by atoms with van der Waals surface area (Å²) in [6, 6.07) is 0. The molecule has 1 saturated heterocycles. The van der Waals surface area contributed by atoms with Gasteiger partial charge in [-0.3, -0.25) is 4.57 Å². The molecular weight excluding hydrogens is 283 g/mol. The van der Waals surface area contributed by atoms with Gasteiger partial charge in [-0.15, -0.1) is 0 Å². The van der Waals surface area contributed by atoms with Crippen LogP contribution < -0.4 is 34.5 Å². The van der Waals surface area contributed by atoms with Gasteiger partial charge in [-0.2, -0.15) is 0 Å². The van der Waals surface area contributed by atoms with Gasteiger partial charge in [-0.1, -0.05) is 0 Å². The van der Waals surface area contributed by atoms with Crippen LogP contribution in [0.1, 0.15) is 12.8 Å². The van der Waals surface area contributed by atoms with E-state index >= 15 is 0 Å². The summed E-state index contributed by atoms with van der Waals surface area (Å²) in [6.07, 6.45) is 0.205. The van der Waals surface area contributed by atoms with E-state index in [0.29, 0.717) is 13.1 Å². The van der Waals surface area contributed by atoms with E-state index in [9.17, 15) is 19.1 Å². The van der Waals surface area contributed by atoms with Gasteiger partial charge in [0.1, 0.15) is 0 Å². The molecule has 0 radical (unpaired) electrons. The number of rotatable bonds is 5. The molecule has 0 aromatic carbocycles. The molecule has 11 heteroatoms. The van der Waals surface area contributed by atoms with Crippen LogP contribution in [0, 0.1) is 0 Å². The van der Waals surface area contributed by atoms with Crippen LogP contribution >= 0.6 is 15.2 Å². The molecule has 0 spiro atoms. The molecular formula is C6H14NNaO7P2. The topological polar surface area (TPSA) is 141 Å². The molecule has 96 valence electrons. The van der Waals surface area contributed by atoms with Crippen molar-refractivity contribution < 1.29 is 63.4 Å². The first-order valence-electron chi connectivity index (χ1n) is 4.62. The molecule has 0 amide bonds. The van der Waals surface area contributed by atoms with Crippen LogP contribution in [0.25, 0.3) is 0 Å². The Morgan fingerprint density at radius 2 is 1.71 bits per heavy atom. The average Bonchev–Trinajstić information content (AvgIpc) is 1.96. The van der Waals surface area contributed by atoms with Gasteiger partial charge in [0.25, 0.3) is 0 Å². The summed E-state index contributed by atoms with van der Waals surface area (Å²) in [4.78, 5) is 38.8. The molecule has 1 heterocycles. The fourth-order valence-electron chi connectivity index (χ4n) is 1.36. The minimum Gasteiger partial charge on any atom is -0.776 e. The number of likely N-dealkylation sites (tertiary alicyclic amines) is 1. The quantitative estimate of drug-likeness (QED) is 0.294. The van der Waals surface area contributed by atoms with Crippen molar-refractivity contribution in [3.63, 3.8) is 0 Å². The van der Waals surface area contributed by atoms with Gasteiger partial charge in [0, 0.05) is 13.0 Å². The van der Waals surface area contributed by atoms with Gasteiger partial charge in [0.05, 0.1) is 0 Å². The smallest absolute Gasteiger partial charge is 0.776 e. The zero-order chi connectivity index (χ0) is 12.6. The Morgan fingerprint density at radius 1 is 1.24 bits per heavy atom.